The van der Waals surface area contributed by atoms with Crippen LogP contribution in [0, 0.1) is 4.77 Å². The molecule has 140 valence electrons. The third-order valence-electron chi connectivity index (χ3n) is 3.80. The van der Waals surface area contributed by atoms with Crippen LogP contribution in [0.4, 0.5) is 13.2 Å². The van der Waals surface area contributed by atoms with Gasteiger partial charge in [-0.25, -0.2) is 0 Å². The Morgan fingerprint density at radius 2 is 1.81 bits per heavy atom. The molecule has 0 fully saturated rings. The number of nitrogens with zero attached hydrogens (tertiary/aromatic N) is 3. The standard InChI is InChI=1S/C18H15F3N4OS/c1-26-15-8-4-12(5-9-15)10-16-23-24-17(27)25(16)22-11-13-2-6-14(7-3-13)18(19,20)21/h2-9,11H,10H2,1H3,(H,24,27)/b22-11-. The fraction of sp³-hybridized carbons (Fsp3) is 0.167. The number of nitrogens with one attached hydrogen (secondary N) is 1. The van der Waals surface area contributed by atoms with E-state index in [1.807, 2.05) is 24.3 Å². The fourth-order valence-corrected chi connectivity index (χ4v) is 2.56. The number of ether oxygens (including phenoxy) is 1. The zero-order valence-corrected chi connectivity index (χ0v) is 15.0. The molecule has 0 aliphatic heterocycles. The highest BCUT2D eigenvalue weighted by Crippen LogP contribution is 2.28. The van der Waals surface area contributed by atoms with Crippen molar-refractivity contribution in [2.24, 2.45) is 5.10 Å². The molecule has 1 heterocycles. The zero-order valence-electron chi connectivity index (χ0n) is 14.2. The minimum absolute atomic E-state index is 0.293. The van der Waals surface area contributed by atoms with Gasteiger partial charge >= 0.3 is 6.18 Å². The van der Waals surface area contributed by atoms with Crippen molar-refractivity contribution in [1.29, 1.82) is 0 Å². The van der Waals surface area contributed by atoms with Gasteiger partial charge in [-0.15, -0.1) is 0 Å². The molecule has 0 aliphatic carbocycles. The van der Waals surface area contributed by atoms with E-state index in [0.29, 0.717) is 22.6 Å². The molecule has 9 heteroatoms. The second kappa shape index (κ2) is 7.75. The Bertz CT molecular complexity index is 989. The summed E-state index contributed by atoms with van der Waals surface area (Å²) in [6, 6.07) is 12.2. The number of benzene rings is 2. The lowest BCUT2D eigenvalue weighted by Gasteiger charge is -2.06. The smallest absolute Gasteiger partial charge is 0.416 e. The van der Waals surface area contributed by atoms with Gasteiger partial charge in [-0.1, -0.05) is 24.3 Å². The number of halogens is 3. The summed E-state index contributed by atoms with van der Waals surface area (Å²) in [6.45, 7) is 0. The van der Waals surface area contributed by atoms with Gasteiger partial charge in [-0.05, 0) is 47.6 Å². The van der Waals surface area contributed by atoms with E-state index in [1.165, 1.54) is 23.0 Å². The van der Waals surface area contributed by atoms with Crippen molar-refractivity contribution in [3.63, 3.8) is 0 Å². The minimum Gasteiger partial charge on any atom is -0.497 e. The number of H-pyrrole nitrogens is 1. The van der Waals surface area contributed by atoms with Crippen molar-refractivity contribution >= 4 is 18.4 Å². The van der Waals surface area contributed by atoms with Gasteiger partial charge in [0, 0.05) is 6.42 Å². The van der Waals surface area contributed by atoms with Crippen LogP contribution in [0.2, 0.25) is 0 Å². The topological polar surface area (TPSA) is 55.2 Å². The molecule has 0 atom stereocenters. The molecule has 0 amide bonds. The van der Waals surface area contributed by atoms with E-state index < -0.39 is 11.7 Å². The molecular weight excluding hydrogens is 377 g/mol. The summed E-state index contributed by atoms with van der Waals surface area (Å²) < 4.78 is 44.7. The van der Waals surface area contributed by atoms with Crippen LogP contribution >= 0.6 is 12.2 Å². The predicted molar refractivity (Wildman–Crippen MR) is 97.6 cm³/mol. The monoisotopic (exact) mass is 392 g/mol. The van der Waals surface area contributed by atoms with E-state index in [9.17, 15) is 13.2 Å². The molecule has 1 aromatic heterocycles. The quantitative estimate of drug-likeness (QED) is 0.516. The molecule has 3 aromatic rings. The van der Waals surface area contributed by atoms with Crippen molar-refractivity contribution < 1.29 is 17.9 Å². The molecule has 0 unspecified atom stereocenters. The maximum atomic E-state index is 12.6. The van der Waals surface area contributed by atoms with Crippen molar-refractivity contribution in [3.05, 3.63) is 75.8 Å². The average molecular weight is 392 g/mol. The van der Waals surface area contributed by atoms with Crippen LogP contribution in [0.15, 0.2) is 53.6 Å². The van der Waals surface area contributed by atoms with E-state index in [4.69, 9.17) is 17.0 Å². The Kier molecular flexibility index (Phi) is 5.41. The summed E-state index contributed by atoms with van der Waals surface area (Å²) in [7, 11) is 1.59. The van der Waals surface area contributed by atoms with Gasteiger partial charge in [0.25, 0.3) is 0 Å². The molecule has 27 heavy (non-hydrogen) atoms. The molecule has 0 spiro atoms. The lowest BCUT2D eigenvalue weighted by Crippen LogP contribution is -2.04. The van der Waals surface area contributed by atoms with Crippen LogP contribution in [-0.2, 0) is 12.6 Å². The molecule has 1 N–H and O–H groups in total. The molecule has 0 saturated carbocycles. The van der Waals surface area contributed by atoms with E-state index >= 15 is 0 Å². The van der Waals surface area contributed by atoms with Gasteiger partial charge in [0.1, 0.15) is 5.75 Å². The number of hydrogen-bond acceptors (Lipinski definition) is 4. The number of hydrogen-bond donors (Lipinski definition) is 1. The van der Waals surface area contributed by atoms with Crippen LogP contribution < -0.4 is 4.74 Å². The van der Waals surface area contributed by atoms with Gasteiger partial charge < -0.3 is 4.74 Å². The Morgan fingerprint density at radius 1 is 1.15 bits per heavy atom. The lowest BCUT2D eigenvalue weighted by atomic mass is 10.1. The minimum atomic E-state index is -4.37. The molecule has 5 nitrogen and oxygen atoms in total. The van der Waals surface area contributed by atoms with Gasteiger partial charge in [-0.3, -0.25) is 5.10 Å². The second-order valence-corrected chi connectivity index (χ2v) is 6.03. The average Bonchev–Trinajstić information content (AvgIpc) is 3.00. The van der Waals surface area contributed by atoms with Gasteiger partial charge in [0.05, 0.1) is 18.9 Å². The first-order valence-electron chi connectivity index (χ1n) is 7.87. The van der Waals surface area contributed by atoms with Crippen molar-refractivity contribution in [3.8, 4) is 5.75 Å². The molecule has 0 bridgehead atoms. The summed E-state index contributed by atoms with van der Waals surface area (Å²) in [5.74, 6) is 1.33. The van der Waals surface area contributed by atoms with Crippen LogP contribution in [0.3, 0.4) is 0 Å². The SMILES string of the molecule is COc1ccc(Cc2n[nH]c(=S)n2/N=C\c2ccc(C(F)(F)F)cc2)cc1. The summed E-state index contributed by atoms with van der Waals surface area (Å²) in [5, 5.41) is 11.1. The van der Waals surface area contributed by atoms with Crippen molar-refractivity contribution in [2.45, 2.75) is 12.6 Å². The third kappa shape index (κ3) is 4.62. The highest BCUT2D eigenvalue weighted by molar-refractivity contribution is 7.71. The van der Waals surface area contributed by atoms with Gasteiger partial charge in [0.2, 0.25) is 4.77 Å². The lowest BCUT2D eigenvalue weighted by molar-refractivity contribution is -0.137. The van der Waals surface area contributed by atoms with Crippen molar-refractivity contribution in [1.82, 2.24) is 14.9 Å². The van der Waals surface area contributed by atoms with Gasteiger partial charge in [0.15, 0.2) is 5.82 Å². The Morgan fingerprint density at radius 3 is 2.41 bits per heavy atom. The summed E-state index contributed by atoms with van der Waals surface area (Å²) in [5.41, 5.74) is 0.789. The van der Waals surface area contributed by atoms with E-state index in [2.05, 4.69) is 15.3 Å². The number of aromatic amines is 1. The van der Waals surface area contributed by atoms with E-state index in [1.54, 1.807) is 7.11 Å². The maximum absolute atomic E-state index is 12.6. The summed E-state index contributed by atoms with van der Waals surface area (Å²) in [4.78, 5) is 0. The van der Waals surface area contributed by atoms with Gasteiger partial charge in [-0.2, -0.15) is 28.0 Å². The van der Waals surface area contributed by atoms with E-state index in [-0.39, 0.29) is 0 Å². The molecule has 3 rings (SSSR count). The second-order valence-electron chi connectivity index (χ2n) is 5.65. The highest BCUT2D eigenvalue weighted by Gasteiger charge is 2.29. The number of aromatic nitrogens is 3. The van der Waals surface area contributed by atoms with Crippen LogP contribution in [-0.4, -0.2) is 28.2 Å². The van der Waals surface area contributed by atoms with Crippen molar-refractivity contribution in [2.75, 3.05) is 7.11 Å². The van der Waals surface area contributed by atoms with Crippen LogP contribution in [0.5, 0.6) is 5.75 Å². The molecule has 0 radical (unpaired) electrons. The number of alkyl halides is 3. The molecular formula is C18H15F3N4OS. The normalized spacial score (nSPS) is 11.9. The number of methoxy groups -OCH3 is 1. The zero-order chi connectivity index (χ0) is 19.4. The van der Waals surface area contributed by atoms with Crippen LogP contribution in [0.1, 0.15) is 22.5 Å². The first-order valence-corrected chi connectivity index (χ1v) is 8.28. The maximum Gasteiger partial charge on any atom is 0.416 e. The summed E-state index contributed by atoms with van der Waals surface area (Å²) in [6.07, 6.45) is -2.46. The molecule has 0 saturated heterocycles. The number of rotatable bonds is 5. The van der Waals surface area contributed by atoms with E-state index in [0.717, 1.165) is 23.4 Å². The largest absolute Gasteiger partial charge is 0.497 e. The Hall–Kier alpha value is -2.94. The first-order chi connectivity index (χ1) is 12.9. The van der Waals surface area contributed by atoms with Crippen LogP contribution in [0.25, 0.3) is 0 Å². The Balaban J connectivity index is 1.80. The third-order valence-corrected chi connectivity index (χ3v) is 4.06. The molecule has 0 aliphatic rings. The molecule has 2 aromatic carbocycles. The Labute approximate surface area is 158 Å². The summed E-state index contributed by atoms with van der Waals surface area (Å²) >= 11 is 5.18. The predicted octanol–water partition coefficient (Wildman–Crippen LogP) is 4.44. The highest BCUT2D eigenvalue weighted by atomic mass is 32.1. The fourth-order valence-electron chi connectivity index (χ4n) is 2.37. The first kappa shape index (κ1) is 18.8.